The number of nitrogens with one attached hydrogen (secondary N) is 1. The van der Waals surface area contributed by atoms with Gasteiger partial charge in [-0.15, -0.1) is 5.10 Å². The van der Waals surface area contributed by atoms with Crippen LogP contribution in [0, 0.1) is 11.3 Å². The standard InChI is InChI=1S/C26H42N8/c1-2-3-4-5-6-7-8-9-10-11-12-13-14-15-20-29-26(34-25(22-28)31-32-33-34)30-24-18-16-23(21-27)17-19-24/h16-19H,2-15,20,22,28H2,1H3,(H,29,30). The van der Waals surface area contributed by atoms with E-state index in [9.17, 15) is 0 Å². The number of nitrogens with two attached hydrogens (primary N) is 1. The molecule has 1 aromatic carbocycles. The fourth-order valence-corrected chi connectivity index (χ4v) is 3.91. The van der Waals surface area contributed by atoms with Gasteiger partial charge in [-0.2, -0.15) is 9.94 Å². The van der Waals surface area contributed by atoms with Crippen molar-refractivity contribution < 1.29 is 0 Å². The maximum absolute atomic E-state index is 8.99. The number of aromatic nitrogens is 4. The molecule has 2 aromatic rings. The van der Waals surface area contributed by atoms with Gasteiger partial charge in [-0.1, -0.05) is 90.4 Å². The van der Waals surface area contributed by atoms with Crippen LogP contribution in [0.2, 0.25) is 0 Å². The normalized spacial score (nSPS) is 11.5. The van der Waals surface area contributed by atoms with Gasteiger partial charge < -0.3 is 11.1 Å². The van der Waals surface area contributed by atoms with Crippen LogP contribution in [-0.2, 0) is 6.54 Å². The van der Waals surface area contributed by atoms with Crippen molar-refractivity contribution >= 4 is 11.6 Å². The van der Waals surface area contributed by atoms with Crippen molar-refractivity contribution in [1.29, 1.82) is 5.26 Å². The summed E-state index contributed by atoms with van der Waals surface area (Å²) in [6.07, 6.45) is 18.6. The zero-order valence-electron chi connectivity index (χ0n) is 20.9. The highest BCUT2D eigenvalue weighted by atomic mass is 15.6. The van der Waals surface area contributed by atoms with Gasteiger partial charge in [-0.3, -0.25) is 4.99 Å². The first-order chi connectivity index (χ1) is 16.8. The zero-order valence-corrected chi connectivity index (χ0v) is 20.9. The quantitative estimate of drug-likeness (QED) is 0.173. The van der Waals surface area contributed by atoms with Crippen LogP contribution < -0.4 is 11.1 Å². The van der Waals surface area contributed by atoms with E-state index in [1.165, 1.54) is 83.5 Å². The Morgan fingerprint density at radius 1 is 0.912 bits per heavy atom. The first-order valence-corrected chi connectivity index (χ1v) is 13.1. The Morgan fingerprint density at radius 3 is 2.00 bits per heavy atom. The second-order valence-corrected chi connectivity index (χ2v) is 8.83. The van der Waals surface area contributed by atoms with Crippen molar-refractivity contribution in [3.63, 3.8) is 0 Å². The van der Waals surface area contributed by atoms with E-state index in [2.05, 4.69) is 33.8 Å². The first-order valence-electron chi connectivity index (χ1n) is 13.1. The van der Waals surface area contributed by atoms with Crippen LogP contribution >= 0.6 is 0 Å². The predicted molar refractivity (Wildman–Crippen MR) is 139 cm³/mol. The molecule has 0 atom stereocenters. The summed E-state index contributed by atoms with van der Waals surface area (Å²) >= 11 is 0. The third-order valence-corrected chi connectivity index (χ3v) is 5.96. The summed E-state index contributed by atoms with van der Waals surface area (Å²) in [6, 6.07) is 9.33. The van der Waals surface area contributed by atoms with Crippen LogP contribution in [0.4, 0.5) is 5.69 Å². The van der Waals surface area contributed by atoms with Gasteiger partial charge in [0.1, 0.15) is 0 Å². The largest absolute Gasteiger partial charge is 0.324 e. The fraction of sp³-hybridized carbons (Fsp3) is 0.654. The van der Waals surface area contributed by atoms with Crippen LogP contribution in [0.1, 0.15) is 108 Å². The Balaban J connectivity index is 1.65. The molecule has 0 bridgehead atoms. The number of aliphatic imine (C=N–C) groups is 1. The average Bonchev–Trinajstić information content (AvgIpc) is 3.35. The Hall–Kier alpha value is -2.79. The molecule has 8 heteroatoms. The molecule has 0 saturated carbocycles. The van der Waals surface area contributed by atoms with Gasteiger partial charge in [0.05, 0.1) is 18.2 Å². The minimum absolute atomic E-state index is 0.222. The van der Waals surface area contributed by atoms with Crippen LogP contribution in [-0.4, -0.2) is 32.7 Å². The Kier molecular flexibility index (Phi) is 14.3. The maximum Gasteiger partial charge on any atom is 0.227 e. The van der Waals surface area contributed by atoms with Crippen LogP contribution in [0.3, 0.4) is 0 Å². The molecular formula is C26H42N8. The molecule has 0 aliphatic rings. The molecule has 34 heavy (non-hydrogen) atoms. The molecule has 1 aromatic heterocycles. The van der Waals surface area contributed by atoms with Gasteiger partial charge in [-0.25, -0.2) is 0 Å². The highest BCUT2D eigenvalue weighted by Gasteiger charge is 2.11. The lowest BCUT2D eigenvalue weighted by Crippen LogP contribution is -2.26. The third-order valence-electron chi connectivity index (χ3n) is 5.96. The maximum atomic E-state index is 8.99. The molecule has 0 amide bonds. The van der Waals surface area contributed by atoms with Crippen molar-refractivity contribution in [2.24, 2.45) is 10.7 Å². The van der Waals surface area contributed by atoms with Crippen molar-refractivity contribution in [3.05, 3.63) is 35.7 Å². The summed E-state index contributed by atoms with van der Waals surface area (Å²) in [5.74, 6) is 1.09. The summed E-state index contributed by atoms with van der Waals surface area (Å²) in [6.45, 7) is 3.19. The van der Waals surface area contributed by atoms with Gasteiger partial charge in [0, 0.05) is 12.2 Å². The molecule has 0 spiro atoms. The highest BCUT2D eigenvalue weighted by molar-refractivity contribution is 5.95. The fourth-order valence-electron chi connectivity index (χ4n) is 3.91. The summed E-state index contributed by atoms with van der Waals surface area (Å²) < 4.78 is 1.54. The van der Waals surface area contributed by atoms with Crippen LogP contribution in [0.15, 0.2) is 29.3 Å². The molecule has 0 radical (unpaired) electrons. The summed E-state index contributed by atoms with van der Waals surface area (Å²) in [5.41, 5.74) is 7.19. The minimum Gasteiger partial charge on any atom is -0.324 e. The van der Waals surface area contributed by atoms with E-state index in [0.717, 1.165) is 12.1 Å². The molecule has 186 valence electrons. The molecule has 0 unspecified atom stereocenters. The number of benzene rings is 1. The van der Waals surface area contributed by atoms with Crippen molar-refractivity contribution in [2.45, 2.75) is 103 Å². The van der Waals surface area contributed by atoms with E-state index in [1.54, 1.807) is 16.8 Å². The molecule has 1 heterocycles. The van der Waals surface area contributed by atoms with E-state index >= 15 is 0 Å². The summed E-state index contributed by atoms with van der Waals surface area (Å²) in [7, 11) is 0. The number of hydrogen-bond donors (Lipinski definition) is 2. The highest BCUT2D eigenvalue weighted by Crippen LogP contribution is 2.13. The monoisotopic (exact) mass is 466 g/mol. The van der Waals surface area contributed by atoms with Crippen molar-refractivity contribution in [2.75, 3.05) is 11.9 Å². The van der Waals surface area contributed by atoms with E-state index in [1.807, 2.05) is 12.1 Å². The van der Waals surface area contributed by atoms with Gasteiger partial charge in [0.25, 0.3) is 0 Å². The van der Waals surface area contributed by atoms with E-state index in [0.29, 0.717) is 23.9 Å². The molecule has 8 nitrogen and oxygen atoms in total. The van der Waals surface area contributed by atoms with Crippen molar-refractivity contribution in [1.82, 2.24) is 20.2 Å². The van der Waals surface area contributed by atoms with E-state index < -0.39 is 0 Å². The number of tetrazole rings is 1. The zero-order chi connectivity index (χ0) is 24.3. The molecule has 0 fully saturated rings. The average molecular weight is 467 g/mol. The van der Waals surface area contributed by atoms with Crippen LogP contribution in [0.5, 0.6) is 0 Å². The second-order valence-electron chi connectivity index (χ2n) is 8.83. The SMILES string of the molecule is CCCCCCCCCCCCCCCCN=C(Nc1ccc(C#N)cc1)n1nnnc1CN. The van der Waals surface area contributed by atoms with Gasteiger partial charge in [0.15, 0.2) is 5.82 Å². The number of nitriles is 1. The topological polar surface area (TPSA) is 118 Å². The molecule has 0 aliphatic carbocycles. The molecule has 3 N–H and O–H groups in total. The number of unbranched alkanes of at least 4 members (excludes halogenated alkanes) is 13. The second kappa shape index (κ2) is 17.7. The molecule has 2 rings (SSSR count). The van der Waals surface area contributed by atoms with Gasteiger partial charge in [-0.05, 0) is 41.1 Å². The Morgan fingerprint density at radius 2 is 1.47 bits per heavy atom. The Labute approximate surface area is 205 Å². The number of rotatable bonds is 17. The number of anilines is 1. The van der Waals surface area contributed by atoms with Crippen LogP contribution in [0.25, 0.3) is 0 Å². The van der Waals surface area contributed by atoms with Gasteiger partial charge >= 0.3 is 0 Å². The molecular weight excluding hydrogens is 424 g/mol. The molecule has 0 aliphatic heterocycles. The lowest BCUT2D eigenvalue weighted by Gasteiger charge is -2.11. The van der Waals surface area contributed by atoms with E-state index in [-0.39, 0.29) is 6.54 Å². The predicted octanol–water partition coefficient (Wildman–Crippen LogP) is 5.80. The number of nitrogens with zero attached hydrogens (tertiary/aromatic N) is 6. The summed E-state index contributed by atoms with van der Waals surface area (Å²) in [5, 5.41) is 24.0. The lowest BCUT2D eigenvalue weighted by atomic mass is 10.0. The first kappa shape index (κ1) is 27.5. The molecule has 0 saturated heterocycles. The Bertz CT molecular complexity index is 850. The van der Waals surface area contributed by atoms with E-state index in [4.69, 9.17) is 16.0 Å². The summed E-state index contributed by atoms with van der Waals surface area (Å²) in [4.78, 5) is 4.71. The smallest absolute Gasteiger partial charge is 0.227 e. The number of hydrogen-bond acceptors (Lipinski definition) is 6. The lowest BCUT2D eigenvalue weighted by molar-refractivity contribution is 0.536. The minimum atomic E-state index is 0.222. The van der Waals surface area contributed by atoms with Gasteiger partial charge in [0.2, 0.25) is 5.96 Å². The third kappa shape index (κ3) is 10.9. The van der Waals surface area contributed by atoms with Crippen molar-refractivity contribution in [3.8, 4) is 6.07 Å².